The number of fused-ring (bicyclic) bond motifs is 1. The van der Waals surface area contributed by atoms with Gasteiger partial charge in [0.2, 0.25) is 0 Å². The molecular weight excluding hydrogens is 324 g/mol. The summed E-state index contributed by atoms with van der Waals surface area (Å²) in [5, 5.41) is 1.64. The minimum absolute atomic E-state index is 0.0338. The van der Waals surface area contributed by atoms with Gasteiger partial charge >= 0.3 is 6.09 Å². The zero-order chi connectivity index (χ0) is 15.5. The van der Waals surface area contributed by atoms with E-state index < -0.39 is 5.60 Å². The molecule has 114 valence electrons. The molecule has 2 aromatic rings. The molecule has 2 saturated heterocycles. The van der Waals surface area contributed by atoms with E-state index >= 15 is 0 Å². The number of hydrogen-bond acceptors (Lipinski definition) is 4. The molecule has 22 heavy (non-hydrogen) atoms. The van der Waals surface area contributed by atoms with Gasteiger partial charge in [-0.05, 0) is 17.5 Å². The lowest BCUT2D eigenvalue weighted by Gasteiger charge is -2.45. The Balaban J connectivity index is 1.53. The highest BCUT2D eigenvalue weighted by Crippen LogP contribution is 2.36. The van der Waals surface area contributed by atoms with Crippen LogP contribution in [0.15, 0.2) is 24.3 Å². The van der Waals surface area contributed by atoms with Crippen LogP contribution in [0.5, 0.6) is 0 Å². The van der Waals surface area contributed by atoms with Gasteiger partial charge in [-0.15, -0.1) is 11.3 Å². The molecule has 0 bridgehead atoms. The topological polar surface area (TPSA) is 49.9 Å². The third-order valence-corrected chi connectivity index (χ3v) is 5.69. The fraction of sp³-hybridized carbons (Fsp3) is 0.333. The van der Waals surface area contributed by atoms with Crippen LogP contribution in [-0.4, -0.2) is 54.1 Å². The van der Waals surface area contributed by atoms with Gasteiger partial charge in [-0.2, -0.15) is 0 Å². The highest BCUT2D eigenvalue weighted by atomic mass is 35.5. The molecule has 0 N–H and O–H groups in total. The van der Waals surface area contributed by atoms with E-state index in [1.807, 2.05) is 24.3 Å². The fourth-order valence-electron chi connectivity index (χ4n) is 3.04. The number of nitrogens with zero attached hydrogens (tertiary/aromatic N) is 2. The first-order valence-corrected chi connectivity index (χ1v) is 8.08. The molecule has 1 aromatic carbocycles. The molecule has 4 rings (SSSR count). The smallest absolute Gasteiger partial charge is 0.410 e. The second-order valence-corrected chi connectivity index (χ2v) is 7.30. The first-order chi connectivity index (χ1) is 10.5. The Hall–Kier alpha value is -1.79. The van der Waals surface area contributed by atoms with Crippen LogP contribution in [0.2, 0.25) is 5.02 Å². The van der Waals surface area contributed by atoms with Gasteiger partial charge in [-0.1, -0.05) is 23.7 Å². The molecular formula is C15H13ClN2O3S. The lowest BCUT2D eigenvalue weighted by molar-refractivity contribution is -0.0579. The van der Waals surface area contributed by atoms with Crippen LogP contribution in [-0.2, 0) is 4.74 Å². The normalized spacial score (nSPS) is 19.6. The molecule has 0 saturated carbocycles. The van der Waals surface area contributed by atoms with Crippen LogP contribution in [0.25, 0.3) is 10.1 Å². The average Bonchev–Trinajstić information content (AvgIpc) is 3.00. The second-order valence-electron chi connectivity index (χ2n) is 5.84. The van der Waals surface area contributed by atoms with Gasteiger partial charge in [-0.3, -0.25) is 4.79 Å². The number of halogens is 1. The van der Waals surface area contributed by atoms with Crippen LogP contribution >= 0.6 is 22.9 Å². The molecule has 3 heterocycles. The van der Waals surface area contributed by atoms with Crippen LogP contribution in [0.1, 0.15) is 9.67 Å². The van der Waals surface area contributed by atoms with Gasteiger partial charge in [-0.25, -0.2) is 4.79 Å². The number of ether oxygens (including phenoxy) is 1. The van der Waals surface area contributed by atoms with Crippen LogP contribution in [0, 0.1) is 0 Å². The van der Waals surface area contributed by atoms with Crippen LogP contribution in [0.3, 0.4) is 0 Å². The van der Waals surface area contributed by atoms with Crippen LogP contribution < -0.4 is 0 Å². The van der Waals surface area contributed by atoms with Crippen molar-refractivity contribution in [2.45, 2.75) is 5.60 Å². The average molecular weight is 337 g/mol. The molecule has 7 heteroatoms. The molecule has 2 aliphatic heterocycles. The Labute approximate surface area is 136 Å². The van der Waals surface area contributed by atoms with Crippen LogP contribution in [0.4, 0.5) is 4.79 Å². The number of likely N-dealkylation sites (N-methyl/N-ethyl adjacent to an activating group) is 1. The molecule has 1 aromatic heterocycles. The summed E-state index contributed by atoms with van der Waals surface area (Å²) in [5.74, 6) is -0.0338. The highest BCUT2D eigenvalue weighted by Gasteiger charge is 2.54. The maximum atomic E-state index is 12.6. The molecule has 2 amide bonds. The fourth-order valence-corrected chi connectivity index (χ4v) is 4.37. The van der Waals surface area contributed by atoms with Crippen molar-refractivity contribution in [3.8, 4) is 0 Å². The first-order valence-electron chi connectivity index (χ1n) is 6.89. The number of amides is 2. The Morgan fingerprint density at radius 3 is 2.77 bits per heavy atom. The van der Waals surface area contributed by atoms with E-state index in [9.17, 15) is 9.59 Å². The number of rotatable bonds is 1. The van der Waals surface area contributed by atoms with Crippen molar-refractivity contribution in [2.75, 3.05) is 26.7 Å². The number of carbonyl (C=O) groups is 2. The van der Waals surface area contributed by atoms with E-state index in [1.165, 1.54) is 11.3 Å². The summed E-state index contributed by atoms with van der Waals surface area (Å²) >= 11 is 7.56. The summed E-state index contributed by atoms with van der Waals surface area (Å²) in [6, 6.07) is 7.50. The predicted octanol–water partition coefficient (Wildman–Crippen LogP) is 2.83. The maximum absolute atomic E-state index is 12.6. The number of hydrogen-bond donors (Lipinski definition) is 0. The minimum atomic E-state index is -0.518. The molecule has 2 aliphatic rings. The largest absolute Gasteiger partial charge is 0.437 e. The minimum Gasteiger partial charge on any atom is -0.437 e. The van der Waals surface area contributed by atoms with E-state index in [2.05, 4.69) is 0 Å². The zero-order valence-electron chi connectivity index (χ0n) is 11.8. The van der Waals surface area contributed by atoms with Gasteiger partial charge < -0.3 is 14.5 Å². The molecule has 0 radical (unpaired) electrons. The summed E-state index contributed by atoms with van der Waals surface area (Å²) in [7, 11) is 1.70. The molecule has 0 unspecified atom stereocenters. The Kier molecular flexibility index (Phi) is 2.90. The van der Waals surface area contributed by atoms with E-state index in [-0.39, 0.29) is 12.0 Å². The summed E-state index contributed by atoms with van der Waals surface area (Å²) in [6.07, 6.45) is -0.319. The number of carbonyl (C=O) groups excluding carboxylic acids is 2. The van der Waals surface area contributed by atoms with E-state index in [4.69, 9.17) is 16.3 Å². The third-order valence-electron chi connectivity index (χ3n) is 4.09. The van der Waals surface area contributed by atoms with Gasteiger partial charge in [0.25, 0.3) is 5.91 Å². The number of benzene rings is 1. The quantitative estimate of drug-likeness (QED) is 0.804. The Morgan fingerprint density at radius 2 is 2.14 bits per heavy atom. The standard InChI is InChI=1S/C15H13ClN2O3S/c1-17-6-15(21-14(17)20)7-18(8-15)13(19)11-5-9-3-2-4-10(16)12(9)22-11/h2-5H,6-8H2,1H3. The summed E-state index contributed by atoms with van der Waals surface area (Å²) < 4.78 is 6.29. The molecule has 1 spiro atoms. The van der Waals surface area contributed by atoms with E-state index in [1.54, 1.807) is 16.8 Å². The summed E-state index contributed by atoms with van der Waals surface area (Å²) in [4.78, 5) is 27.9. The first kappa shape index (κ1) is 13.8. The van der Waals surface area contributed by atoms with Crippen molar-refractivity contribution in [3.05, 3.63) is 34.2 Å². The van der Waals surface area contributed by atoms with Gasteiger partial charge in [0.05, 0.1) is 34.2 Å². The maximum Gasteiger partial charge on any atom is 0.410 e. The molecule has 0 aliphatic carbocycles. The van der Waals surface area contributed by atoms with Crippen molar-refractivity contribution >= 4 is 45.0 Å². The SMILES string of the molecule is CN1CC2(CN(C(=O)c3cc4cccc(Cl)c4s3)C2)OC1=O. The number of thiophene rings is 1. The molecule has 5 nitrogen and oxygen atoms in total. The van der Waals surface area contributed by atoms with Crippen molar-refractivity contribution in [1.29, 1.82) is 0 Å². The molecule has 0 atom stereocenters. The third kappa shape index (κ3) is 1.98. The van der Waals surface area contributed by atoms with Crippen molar-refractivity contribution in [2.24, 2.45) is 0 Å². The predicted molar refractivity (Wildman–Crippen MR) is 84.6 cm³/mol. The monoisotopic (exact) mass is 336 g/mol. The van der Waals surface area contributed by atoms with Gasteiger partial charge in [0.1, 0.15) is 0 Å². The number of likely N-dealkylation sites (tertiary alicyclic amines) is 1. The van der Waals surface area contributed by atoms with Crippen molar-refractivity contribution in [3.63, 3.8) is 0 Å². The lowest BCUT2D eigenvalue weighted by Crippen LogP contribution is -2.65. The van der Waals surface area contributed by atoms with Crippen molar-refractivity contribution < 1.29 is 14.3 Å². The molecule has 2 fully saturated rings. The van der Waals surface area contributed by atoms with Gasteiger partial charge in [0.15, 0.2) is 5.60 Å². The van der Waals surface area contributed by atoms with Gasteiger partial charge in [0, 0.05) is 7.05 Å². The zero-order valence-corrected chi connectivity index (χ0v) is 13.4. The highest BCUT2D eigenvalue weighted by molar-refractivity contribution is 7.21. The second kappa shape index (κ2) is 4.60. The summed E-state index contributed by atoms with van der Waals surface area (Å²) in [6.45, 7) is 1.43. The van der Waals surface area contributed by atoms with E-state index in [0.29, 0.717) is 29.5 Å². The Bertz CT molecular complexity index is 797. The van der Waals surface area contributed by atoms with E-state index in [0.717, 1.165) is 10.1 Å². The summed E-state index contributed by atoms with van der Waals surface area (Å²) in [5.41, 5.74) is -0.518. The Morgan fingerprint density at radius 1 is 1.36 bits per heavy atom. The lowest BCUT2D eigenvalue weighted by atomic mass is 9.94. The van der Waals surface area contributed by atoms with Crippen molar-refractivity contribution in [1.82, 2.24) is 9.80 Å².